The van der Waals surface area contributed by atoms with Crippen molar-refractivity contribution < 1.29 is 19.1 Å². The molecule has 1 fully saturated rings. The summed E-state index contributed by atoms with van der Waals surface area (Å²) in [4.78, 5) is 26.6. The largest absolute Gasteiger partial charge is 0.491 e. The predicted molar refractivity (Wildman–Crippen MR) is 115 cm³/mol. The lowest BCUT2D eigenvalue weighted by atomic mass is 10.1. The topological polar surface area (TPSA) is 55.8 Å². The van der Waals surface area contributed by atoms with Crippen LogP contribution in [0, 0.1) is 0 Å². The molecule has 28 heavy (non-hydrogen) atoms. The molecule has 1 aliphatic heterocycles. The number of thioether (sulfide) groups is 1. The van der Waals surface area contributed by atoms with E-state index in [1.807, 2.05) is 31.2 Å². The summed E-state index contributed by atoms with van der Waals surface area (Å²) in [5.41, 5.74) is 1.53. The third kappa shape index (κ3) is 4.54. The van der Waals surface area contributed by atoms with Crippen molar-refractivity contribution in [2.75, 3.05) is 13.7 Å². The second kappa shape index (κ2) is 9.03. The Morgan fingerprint density at radius 2 is 1.93 bits per heavy atom. The highest BCUT2D eigenvalue weighted by Crippen LogP contribution is 2.39. The number of ether oxygens (including phenoxy) is 2. The molecule has 1 saturated heterocycles. The lowest BCUT2D eigenvalue weighted by Gasteiger charge is -2.13. The molecule has 0 N–H and O–H groups in total. The second-order valence-electron chi connectivity index (χ2n) is 5.86. The Kier molecular flexibility index (Phi) is 6.69. The number of hydrogen-bond donors (Lipinski definition) is 0. The summed E-state index contributed by atoms with van der Waals surface area (Å²) in [6.45, 7) is 2.52. The van der Waals surface area contributed by atoms with Crippen LogP contribution in [0.2, 0.25) is 5.02 Å². The van der Waals surface area contributed by atoms with E-state index in [0.29, 0.717) is 33.6 Å². The van der Waals surface area contributed by atoms with E-state index in [2.05, 4.69) is 15.9 Å². The first-order chi connectivity index (χ1) is 13.4. The molecule has 0 bridgehead atoms. The molecule has 0 unspecified atom stereocenters. The van der Waals surface area contributed by atoms with Crippen LogP contribution in [-0.4, -0.2) is 29.8 Å². The van der Waals surface area contributed by atoms with Crippen LogP contribution in [0.3, 0.4) is 0 Å². The van der Waals surface area contributed by atoms with Crippen molar-refractivity contribution in [3.8, 4) is 11.5 Å². The fourth-order valence-electron chi connectivity index (χ4n) is 2.69. The Bertz CT molecular complexity index is 946. The summed E-state index contributed by atoms with van der Waals surface area (Å²) in [5, 5.41) is 0.0672. The summed E-state index contributed by atoms with van der Waals surface area (Å²) in [6, 6.07) is 10.9. The predicted octanol–water partition coefficient (Wildman–Crippen LogP) is 5.75. The Hall–Kier alpha value is -1.96. The molecule has 0 aliphatic carbocycles. The van der Waals surface area contributed by atoms with E-state index in [9.17, 15) is 9.59 Å². The van der Waals surface area contributed by atoms with Gasteiger partial charge in [0.25, 0.3) is 11.1 Å². The van der Waals surface area contributed by atoms with Gasteiger partial charge in [0.1, 0.15) is 0 Å². The van der Waals surface area contributed by atoms with E-state index in [-0.39, 0.29) is 17.7 Å². The maximum absolute atomic E-state index is 12.7. The number of amides is 2. The zero-order valence-corrected chi connectivity index (χ0v) is 18.4. The summed E-state index contributed by atoms with van der Waals surface area (Å²) >= 11 is 10.5. The number of carbonyl (C=O) groups excluding carboxylic acids is 2. The smallest absolute Gasteiger partial charge is 0.293 e. The highest BCUT2D eigenvalue weighted by molar-refractivity contribution is 9.10. The molecule has 1 heterocycles. The van der Waals surface area contributed by atoms with Crippen molar-refractivity contribution in [1.82, 2.24) is 4.90 Å². The molecule has 0 aromatic heterocycles. The van der Waals surface area contributed by atoms with Gasteiger partial charge in [-0.05, 0) is 60.2 Å². The van der Waals surface area contributed by atoms with E-state index in [1.165, 1.54) is 12.0 Å². The van der Waals surface area contributed by atoms with Gasteiger partial charge in [-0.3, -0.25) is 14.5 Å². The van der Waals surface area contributed by atoms with Crippen LogP contribution in [-0.2, 0) is 11.3 Å². The Morgan fingerprint density at radius 1 is 1.21 bits per heavy atom. The Morgan fingerprint density at radius 3 is 2.57 bits per heavy atom. The second-order valence-corrected chi connectivity index (χ2v) is 8.18. The van der Waals surface area contributed by atoms with E-state index in [4.69, 9.17) is 21.1 Å². The van der Waals surface area contributed by atoms with Crippen LogP contribution < -0.4 is 9.47 Å². The van der Waals surface area contributed by atoms with Gasteiger partial charge in [0, 0.05) is 4.47 Å². The van der Waals surface area contributed by atoms with Crippen molar-refractivity contribution in [3.63, 3.8) is 0 Å². The Balaban J connectivity index is 1.86. The molecule has 2 aromatic rings. The minimum absolute atomic E-state index is 0.225. The minimum Gasteiger partial charge on any atom is -0.491 e. The van der Waals surface area contributed by atoms with E-state index in [1.54, 1.807) is 18.2 Å². The number of benzene rings is 2. The molecule has 0 spiro atoms. The molecular formula is C20H17BrClNO4S. The number of hydrogen-bond acceptors (Lipinski definition) is 5. The van der Waals surface area contributed by atoms with Crippen molar-refractivity contribution in [1.29, 1.82) is 0 Å². The molecule has 8 heteroatoms. The number of nitrogens with zero attached hydrogens (tertiary/aromatic N) is 1. The highest BCUT2D eigenvalue weighted by atomic mass is 79.9. The maximum atomic E-state index is 12.7. The van der Waals surface area contributed by atoms with Gasteiger partial charge in [0.15, 0.2) is 11.5 Å². The van der Waals surface area contributed by atoms with Crippen molar-refractivity contribution >= 4 is 56.5 Å². The molecule has 3 rings (SSSR count). The Labute approximate surface area is 180 Å². The van der Waals surface area contributed by atoms with Gasteiger partial charge in [-0.15, -0.1) is 0 Å². The first-order valence-electron chi connectivity index (χ1n) is 8.43. The molecule has 0 radical (unpaired) electrons. The molecule has 2 aromatic carbocycles. The molecule has 2 amide bonds. The average molecular weight is 483 g/mol. The van der Waals surface area contributed by atoms with Crippen molar-refractivity contribution in [2.45, 2.75) is 13.5 Å². The number of imide groups is 1. The van der Waals surface area contributed by atoms with Gasteiger partial charge < -0.3 is 9.47 Å². The van der Waals surface area contributed by atoms with E-state index >= 15 is 0 Å². The molecule has 0 atom stereocenters. The van der Waals surface area contributed by atoms with Gasteiger partial charge in [-0.2, -0.15) is 0 Å². The summed E-state index contributed by atoms with van der Waals surface area (Å²) in [7, 11) is 1.51. The van der Waals surface area contributed by atoms with Gasteiger partial charge in [0.2, 0.25) is 0 Å². The highest BCUT2D eigenvalue weighted by Gasteiger charge is 2.35. The first-order valence-corrected chi connectivity index (χ1v) is 10.4. The molecule has 1 aliphatic rings. The standard InChI is InChI=1S/C20H17BrClNO4S/c1-3-27-16-9-13(8-15(22)18(16)26-2)10-17-19(24)23(20(25)28-17)11-12-4-6-14(21)7-5-12/h4-10H,3,11H2,1-2H3/b17-10-. The summed E-state index contributed by atoms with van der Waals surface area (Å²) in [6.07, 6.45) is 1.64. The number of carbonyl (C=O) groups is 2. The zero-order chi connectivity index (χ0) is 20.3. The first kappa shape index (κ1) is 20.8. The van der Waals surface area contributed by atoms with E-state index < -0.39 is 0 Å². The van der Waals surface area contributed by atoms with Gasteiger partial charge in [-0.25, -0.2) is 0 Å². The van der Waals surface area contributed by atoms with Gasteiger partial charge in [0.05, 0.1) is 30.2 Å². The van der Waals surface area contributed by atoms with Crippen molar-refractivity contribution in [2.24, 2.45) is 0 Å². The van der Waals surface area contributed by atoms with Crippen LogP contribution >= 0.6 is 39.3 Å². The molecule has 5 nitrogen and oxygen atoms in total. The van der Waals surface area contributed by atoms with Crippen LogP contribution in [0.5, 0.6) is 11.5 Å². The summed E-state index contributed by atoms with van der Waals surface area (Å²) in [5.74, 6) is 0.588. The minimum atomic E-state index is -0.331. The summed E-state index contributed by atoms with van der Waals surface area (Å²) < 4.78 is 11.8. The molecule has 0 saturated carbocycles. The van der Waals surface area contributed by atoms with Crippen LogP contribution in [0.15, 0.2) is 45.8 Å². The lowest BCUT2D eigenvalue weighted by Crippen LogP contribution is -2.27. The SMILES string of the molecule is CCOc1cc(/C=C2\SC(=O)N(Cc3ccc(Br)cc3)C2=O)cc(Cl)c1OC. The lowest BCUT2D eigenvalue weighted by molar-refractivity contribution is -0.123. The molecular weight excluding hydrogens is 466 g/mol. The quantitative estimate of drug-likeness (QED) is 0.491. The average Bonchev–Trinajstić information content (AvgIpc) is 2.91. The fraction of sp³-hybridized carbons (Fsp3) is 0.200. The number of rotatable bonds is 6. The van der Waals surface area contributed by atoms with Crippen LogP contribution in [0.25, 0.3) is 6.08 Å². The van der Waals surface area contributed by atoms with Crippen LogP contribution in [0.4, 0.5) is 4.79 Å². The van der Waals surface area contributed by atoms with Gasteiger partial charge >= 0.3 is 0 Å². The normalized spacial score (nSPS) is 15.4. The maximum Gasteiger partial charge on any atom is 0.293 e. The third-order valence-corrected chi connectivity index (χ3v) is 5.68. The van der Waals surface area contributed by atoms with E-state index in [0.717, 1.165) is 21.8 Å². The zero-order valence-electron chi connectivity index (χ0n) is 15.2. The van der Waals surface area contributed by atoms with Crippen molar-refractivity contribution in [3.05, 3.63) is 61.9 Å². The number of methoxy groups -OCH3 is 1. The third-order valence-electron chi connectivity index (χ3n) is 3.96. The van der Waals surface area contributed by atoms with Crippen LogP contribution in [0.1, 0.15) is 18.1 Å². The van der Waals surface area contributed by atoms with Gasteiger partial charge in [-0.1, -0.05) is 39.7 Å². The molecule has 146 valence electrons. The monoisotopic (exact) mass is 481 g/mol. The number of halogens is 2. The fourth-order valence-corrected chi connectivity index (χ4v) is 4.09.